The maximum absolute atomic E-state index is 12.8. The van der Waals surface area contributed by atoms with Crippen LogP contribution >= 0.6 is 22.9 Å². The van der Waals surface area contributed by atoms with Crippen LogP contribution in [0.3, 0.4) is 0 Å². The normalized spacial score (nSPS) is 19.0. The number of halogens is 1. The van der Waals surface area contributed by atoms with Crippen molar-refractivity contribution in [2.45, 2.75) is 29.4 Å². The predicted molar refractivity (Wildman–Crippen MR) is 97.8 cm³/mol. The van der Waals surface area contributed by atoms with Crippen molar-refractivity contribution in [1.29, 1.82) is 0 Å². The quantitative estimate of drug-likeness (QED) is 0.833. The van der Waals surface area contributed by atoms with Crippen molar-refractivity contribution in [3.63, 3.8) is 0 Å². The number of piperidine rings is 1. The van der Waals surface area contributed by atoms with Gasteiger partial charge in [-0.15, -0.1) is 11.3 Å². The molecule has 1 aliphatic heterocycles. The number of carboxylic acid groups (broad SMARTS) is 1. The average molecular weight is 400 g/mol. The Bertz CT molecular complexity index is 878. The minimum atomic E-state index is -3.54. The molecule has 2 heterocycles. The minimum Gasteiger partial charge on any atom is -0.481 e. The Hall–Kier alpha value is -1.41. The lowest BCUT2D eigenvalue weighted by molar-refractivity contribution is -0.136. The standard InChI is InChI=1S/C17H18ClNO4S2/c18-15-6-7-17(24-15)25(22,23)19-8-2-5-14(11-19)13-4-1-3-12(9-13)10-16(20)21/h1,3-4,6-7,9,14H,2,5,8,10-11H2,(H,20,21). The molecule has 25 heavy (non-hydrogen) atoms. The van der Waals surface area contributed by atoms with Crippen LogP contribution in [-0.4, -0.2) is 36.9 Å². The summed E-state index contributed by atoms with van der Waals surface area (Å²) in [4.78, 5) is 10.9. The van der Waals surface area contributed by atoms with Gasteiger partial charge in [-0.05, 0) is 42.0 Å². The Morgan fingerprint density at radius 3 is 2.80 bits per heavy atom. The highest BCUT2D eigenvalue weighted by atomic mass is 35.5. The van der Waals surface area contributed by atoms with Crippen LogP contribution in [0.25, 0.3) is 0 Å². The van der Waals surface area contributed by atoms with E-state index >= 15 is 0 Å². The van der Waals surface area contributed by atoms with Crippen molar-refractivity contribution in [1.82, 2.24) is 4.31 Å². The summed E-state index contributed by atoms with van der Waals surface area (Å²) in [6.45, 7) is 0.886. The fraction of sp³-hybridized carbons (Fsp3) is 0.353. The number of hydrogen-bond acceptors (Lipinski definition) is 4. The molecular formula is C17H18ClNO4S2. The third-order valence-electron chi connectivity index (χ3n) is 4.30. The number of rotatable bonds is 5. The second-order valence-electron chi connectivity index (χ2n) is 6.08. The second-order valence-corrected chi connectivity index (χ2v) is 9.96. The molecule has 0 spiro atoms. The van der Waals surface area contributed by atoms with Gasteiger partial charge in [0, 0.05) is 13.1 Å². The van der Waals surface area contributed by atoms with Crippen LogP contribution in [0, 0.1) is 0 Å². The molecule has 1 aromatic carbocycles. The molecule has 5 nitrogen and oxygen atoms in total. The first-order valence-electron chi connectivity index (χ1n) is 7.92. The lowest BCUT2D eigenvalue weighted by atomic mass is 9.90. The summed E-state index contributed by atoms with van der Waals surface area (Å²) in [5.74, 6) is -0.813. The highest BCUT2D eigenvalue weighted by molar-refractivity contribution is 7.91. The number of hydrogen-bond donors (Lipinski definition) is 1. The van der Waals surface area contributed by atoms with Crippen LogP contribution in [0.1, 0.15) is 29.9 Å². The van der Waals surface area contributed by atoms with Crippen LogP contribution < -0.4 is 0 Å². The third kappa shape index (κ3) is 4.23. The van der Waals surface area contributed by atoms with E-state index in [-0.39, 0.29) is 16.5 Å². The van der Waals surface area contributed by atoms with Crippen molar-refractivity contribution in [2.24, 2.45) is 0 Å². The van der Waals surface area contributed by atoms with Gasteiger partial charge in [0.2, 0.25) is 0 Å². The largest absolute Gasteiger partial charge is 0.481 e. The van der Waals surface area contributed by atoms with Gasteiger partial charge in [0.15, 0.2) is 0 Å². The maximum atomic E-state index is 12.8. The predicted octanol–water partition coefficient (Wildman–Crippen LogP) is 3.60. The molecular weight excluding hydrogens is 382 g/mol. The number of sulfonamides is 1. The summed E-state index contributed by atoms with van der Waals surface area (Å²) in [6, 6.07) is 10.6. The molecule has 8 heteroatoms. The van der Waals surface area contributed by atoms with Crippen molar-refractivity contribution < 1.29 is 18.3 Å². The van der Waals surface area contributed by atoms with Crippen molar-refractivity contribution in [3.8, 4) is 0 Å². The number of carbonyl (C=O) groups is 1. The first-order valence-corrected chi connectivity index (χ1v) is 10.6. The van der Waals surface area contributed by atoms with Gasteiger partial charge in [-0.2, -0.15) is 4.31 Å². The molecule has 1 atom stereocenters. The van der Waals surface area contributed by atoms with E-state index in [9.17, 15) is 13.2 Å². The van der Waals surface area contributed by atoms with E-state index in [4.69, 9.17) is 16.7 Å². The lowest BCUT2D eigenvalue weighted by Crippen LogP contribution is -2.38. The van der Waals surface area contributed by atoms with E-state index < -0.39 is 16.0 Å². The van der Waals surface area contributed by atoms with Crippen LogP contribution in [0.15, 0.2) is 40.6 Å². The van der Waals surface area contributed by atoms with Crippen LogP contribution in [-0.2, 0) is 21.2 Å². The molecule has 1 N–H and O–H groups in total. The Labute approximate surface area is 155 Å². The Morgan fingerprint density at radius 1 is 1.32 bits per heavy atom. The number of thiophene rings is 1. The maximum Gasteiger partial charge on any atom is 0.307 e. The topological polar surface area (TPSA) is 74.7 Å². The fourth-order valence-corrected chi connectivity index (χ4v) is 6.29. The van der Waals surface area contributed by atoms with Crippen LogP contribution in [0.2, 0.25) is 4.34 Å². The zero-order chi connectivity index (χ0) is 18.0. The SMILES string of the molecule is O=C(O)Cc1cccc(C2CCCN(S(=O)(=O)c3ccc(Cl)s3)C2)c1. The molecule has 0 saturated carbocycles. The number of nitrogens with zero attached hydrogens (tertiary/aromatic N) is 1. The zero-order valence-electron chi connectivity index (χ0n) is 13.4. The zero-order valence-corrected chi connectivity index (χ0v) is 15.8. The van der Waals surface area contributed by atoms with E-state index in [0.29, 0.717) is 17.4 Å². The van der Waals surface area contributed by atoms with Gasteiger partial charge < -0.3 is 5.11 Å². The van der Waals surface area contributed by atoms with Gasteiger partial charge in [0.05, 0.1) is 10.8 Å². The lowest BCUT2D eigenvalue weighted by Gasteiger charge is -2.32. The van der Waals surface area contributed by atoms with Crippen molar-refractivity contribution in [2.75, 3.05) is 13.1 Å². The van der Waals surface area contributed by atoms with Gasteiger partial charge in [-0.3, -0.25) is 4.79 Å². The summed E-state index contributed by atoms with van der Waals surface area (Å²) in [6.07, 6.45) is 1.62. The van der Waals surface area contributed by atoms with Crippen LogP contribution in [0.4, 0.5) is 0 Å². The van der Waals surface area contributed by atoms with E-state index in [1.165, 1.54) is 4.31 Å². The molecule has 134 valence electrons. The summed E-state index contributed by atoms with van der Waals surface area (Å²) in [5.41, 5.74) is 1.72. The Balaban J connectivity index is 1.80. The number of carboxylic acids is 1. The van der Waals surface area contributed by atoms with Crippen molar-refractivity contribution in [3.05, 3.63) is 51.9 Å². The molecule has 3 rings (SSSR count). The Morgan fingerprint density at radius 2 is 2.12 bits per heavy atom. The minimum absolute atomic E-state index is 0.0315. The summed E-state index contributed by atoms with van der Waals surface area (Å²) < 4.78 is 27.8. The third-order valence-corrected chi connectivity index (χ3v) is 7.87. The number of benzene rings is 1. The molecule has 0 amide bonds. The molecule has 1 aromatic heterocycles. The first-order chi connectivity index (χ1) is 11.9. The highest BCUT2D eigenvalue weighted by Gasteiger charge is 2.31. The summed E-state index contributed by atoms with van der Waals surface area (Å²) in [5, 5.41) is 8.95. The van der Waals surface area contributed by atoms with Gasteiger partial charge in [0.1, 0.15) is 4.21 Å². The van der Waals surface area contributed by atoms with E-state index in [0.717, 1.165) is 35.3 Å². The van der Waals surface area contributed by atoms with Crippen molar-refractivity contribution >= 4 is 38.9 Å². The van der Waals surface area contributed by atoms with E-state index in [1.54, 1.807) is 18.2 Å². The molecule has 0 bridgehead atoms. The molecule has 1 fully saturated rings. The monoisotopic (exact) mass is 399 g/mol. The fourth-order valence-electron chi connectivity index (χ4n) is 3.13. The van der Waals surface area contributed by atoms with Gasteiger partial charge in [-0.25, -0.2) is 8.42 Å². The Kier molecular flexibility index (Phi) is 5.48. The van der Waals surface area contributed by atoms with E-state index in [1.807, 2.05) is 18.2 Å². The first kappa shape index (κ1) is 18.4. The van der Waals surface area contributed by atoms with Crippen LogP contribution in [0.5, 0.6) is 0 Å². The van der Waals surface area contributed by atoms with Gasteiger partial charge >= 0.3 is 5.97 Å². The highest BCUT2D eigenvalue weighted by Crippen LogP contribution is 2.33. The molecule has 2 aromatic rings. The average Bonchev–Trinajstić information content (AvgIpc) is 3.02. The summed E-state index contributed by atoms with van der Waals surface area (Å²) in [7, 11) is -3.54. The second kappa shape index (κ2) is 7.45. The van der Waals surface area contributed by atoms with Gasteiger partial charge in [-0.1, -0.05) is 35.9 Å². The smallest absolute Gasteiger partial charge is 0.307 e. The molecule has 1 unspecified atom stereocenters. The molecule has 0 radical (unpaired) electrons. The van der Waals surface area contributed by atoms with E-state index in [2.05, 4.69) is 0 Å². The molecule has 0 aliphatic carbocycles. The molecule has 1 saturated heterocycles. The van der Waals surface area contributed by atoms with Gasteiger partial charge in [0.25, 0.3) is 10.0 Å². The number of aliphatic carboxylic acids is 1. The summed E-state index contributed by atoms with van der Waals surface area (Å²) >= 11 is 6.94. The molecule has 1 aliphatic rings.